The van der Waals surface area contributed by atoms with Gasteiger partial charge in [-0.2, -0.15) is 5.10 Å². The van der Waals surface area contributed by atoms with Crippen LogP contribution in [0.2, 0.25) is 0 Å². The zero-order valence-electron chi connectivity index (χ0n) is 16.8. The third-order valence-corrected chi connectivity index (χ3v) is 4.87. The van der Waals surface area contributed by atoms with E-state index in [-0.39, 0.29) is 18.4 Å². The first-order chi connectivity index (χ1) is 14.1. The third-order valence-electron chi connectivity index (χ3n) is 4.87. The number of amides is 2. The van der Waals surface area contributed by atoms with Crippen LogP contribution in [0, 0.1) is 0 Å². The van der Waals surface area contributed by atoms with E-state index in [1.54, 1.807) is 4.90 Å². The molecule has 0 unspecified atom stereocenters. The van der Waals surface area contributed by atoms with Gasteiger partial charge in [0.1, 0.15) is 18.9 Å². The van der Waals surface area contributed by atoms with E-state index in [2.05, 4.69) is 10.5 Å². The summed E-state index contributed by atoms with van der Waals surface area (Å²) in [7, 11) is 0. The molecule has 0 aliphatic carbocycles. The van der Waals surface area contributed by atoms with Crippen molar-refractivity contribution < 1.29 is 14.3 Å². The van der Waals surface area contributed by atoms with Crippen LogP contribution in [0.3, 0.4) is 0 Å². The summed E-state index contributed by atoms with van der Waals surface area (Å²) < 4.78 is 5.78. The van der Waals surface area contributed by atoms with Gasteiger partial charge < -0.3 is 9.64 Å². The van der Waals surface area contributed by atoms with Crippen LogP contribution in [-0.4, -0.2) is 35.5 Å². The molecule has 2 amide bonds. The van der Waals surface area contributed by atoms with E-state index in [9.17, 15) is 9.59 Å². The molecule has 1 aliphatic heterocycles. The number of hydrazone groups is 1. The number of rotatable bonds is 7. The summed E-state index contributed by atoms with van der Waals surface area (Å²) in [4.78, 5) is 25.7. The van der Waals surface area contributed by atoms with E-state index in [0.29, 0.717) is 25.3 Å². The number of likely N-dealkylation sites (tertiary alicyclic amines) is 1. The molecule has 6 heteroatoms. The van der Waals surface area contributed by atoms with Gasteiger partial charge in [-0.15, -0.1) is 0 Å². The van der Waals surface area contributed by atoms with Gasteiger partial charge in [0.15, 0.2) is 0 Å². The Morgan fingerprint density at radius 1 is 1.07 bits per heavy atom. The standard InChI is InChI=1S/C23H27N3O3/c1-18(24-25-22(27)16-26-15-7-3-6-10-23(26)28)20-11-13-21(14-12-20)29-17-19-8-4-2-5-9-19/h2,4-5,8-9,11-14H,3,6-7,10,15-17H2,1H3,(H,25,27)/b24-18-. The van der Waals surface area contributed by atoms with Gasteiger partial charge >= 0.3 is 0 Å². The second-order valence-electron chi connectivity index (χ2n) is 7.16. The molecule has 0 radical (unpaired) electrons. The lowest BCUT2D eigenvalue weighted by Gasteiger charge is -2.19. The molecule has 0 bridgehead atoms. The Hall–Kier alpha value is -3.15. The average Bonchev–Trinajstić information content (AvgIpc) is 2.96. The first-order valence-electron chi connectivity index (χ1n) is 10.00. The van der Waals surface area contributed by atoms with Gasteiger partial charge in [-0.05, 0) is 55.2 Å². The first kappa shape index (κ1) is 20.6. The van der Waals surface area contributed by atoms with Crippen molar-refractivity contribution in [2.24, 2.45) is 5.10 Å². The smallest absolute Gasteiger partial charge is 0.259 e. The zero-order valence-corrected chi connectivity index (χ0v) is 16.8. The molecule has 0 spiro atoms. The predicted molar refractivity (Wildman–Crippen MR) is 113 cm³/mol. The van der Waals surface area contributed by atoms with Crippen LogP contribution in [0.15, 0.2) is 59.7 Å². The van der Waals surface area contributed by atoms with E-state index in [4.69, 9.17) is 4.74 Å². The molecular formula is C23H27N3O3. The highest BCUT2D eigenvalue weighted by atomic mass is 16.5. The Kier molecular flexibility index (Phi) is 7.39. The summed E-state index contributed by atoms with van der Waals surface area (Å²) in [5, 5.41) is 4.17. The number of hydrogen-bond donors (Lipinski definition) is 1. The van der Waals surface area contributed by atoms with Gasteiger partial charge in [0.2, 0.25) is 5.91 Å². The summed E-state index contributed by atoms with van der Waals surface area (Å²) in [6, 6.07) is 17.6. The number of hydrogen-bond acceptors (Lipinski definition) is 4. The molecule has 1 N–H and O–H groups in total. The molecular weight excluding hydrogens is 366 g/mol. The lowest BCUT2D eigenvalue weighted by atomic mass is 10.1. The molecule has 6 nitrogen and oxygen atoms in total. The van der Waals surface area contributed by atoms with Gasteiger partial charge in [-0.1, -0.05) is 36.8 Å². The van der Waals surface area contributed by atoms with Crippen LogP contribution >= 0.6 is 0 Å². The van der Waals surface area contributed by atoms with Crippen LogP contribution in [0.25, 0.3) is 0 Å². The second-order valence-corrected chi connectivity index (χ2v) is 7.16. The Balaban J connectivity index is 1.50. The number of carbonyl (C=O) groups excluding carboxylic acids is 2. The highest BCUT2D eigenvalue weighted by molar-refractivity contribution is 5.99. The van der Waals surface area contributed by atoms with E-state index < -0.39 is 0 Å². The van der Waals surface area contributed by atoms with Crippen LogP contribution in [0.5, 0.6) is 5.75 Å². The van der Waals surface area contributed by atoms with Crippen molar-refractivity contribution in [1.82, 2.24) is 10.3 Å². The number of nitrogens with one attached hydrogen (secondary N) is 1. The average molecular weight is 393 g/mol. The number of nitrogens with zero attached hydrogens (tertiary/aromatic N) is 2. The summed E-state index contributed by atoms with van der Waals surface area (Å²) in [6.07, 6.45) is 3.40. The fourth-order valence-electron chi connectivity index (χ4n) is 3.16. The molecule has 152 valence electrons. The Bertz CT molecular complexity index is 847. The molecule has 2 aromatic rings. The Morgan fingerprint density at radius 3 is 2.59 bits per heavy atom. The van der Waals surface area contributed by atoms with Crippen LogP contribution in [0.4, 0.5) is 0 Å². The number of benzene rings is 2. The number of ether oxygens (including phenoxy) is 1. The Morgan fingerprint density at radius 2 is 1.83 bits per heavy atom. The lowest BCUT2D eigenvalue weighted by molar-refractivity contribution is -0.135. The SMILES string of the molecule is C/C(=N/NC(=O)CN1CCCCCC1=O)c1ccc(OCc2ccccc2)cc1. The van der Waals surface area contributed by atoms with Crippen LogP contribution < -0.4 is 10.2 Å². The topological polar surface area (TPSA) is 71.0 Å². The molecule has 2 aromatic carbocycles. The first-order valence-corrected chi connectivity index (χ1v) is 10.00. The molecule has 0 atom stereocenters. The largest absolute Gasteiger partial charge is 0.489 e. The molecule has 0 aromatic heterocycles. The predicted octanol–water partition coefficient (Wildman–Crippen LogP) is 3.51. The minimum Gasteiger partial charge on any atom is -0.489 e. The van der Waals surface area contributed by atoms with Crippen molar-refractivity contribution in [2.45, 2.75) is 39.2 Å². The minimum absolute atomic E-state index is 0.0458. The van der Waals surface area contributed by atoms with Crippen molar-refractivity contribution >= 4 is 17.5 Å². The molecule has 1 aliphatic rings. The van der Waals surface area contributed by atoms with E-state index in [1.165, 1.54) is 0 Å². The summed E-state index contributed by atoms with van der Waals surface area (Å²) in [5.74, 6) is 0.543. The van der Waals surface area contributed by atoms with Gasteiger partial charge in [0.25, 0.3) is 5.91 Å². The zero-order chi connectivity index (χ0) is 20.5. The summed E-state index contributed by atoms with van der Waals surface area (Å²) >= 11 is 0. The molecule has 1 fully saturated rings. The molecule has 0 saturated carbocycles. The Labute approximate surface area is 171 Å². The van der Waals surface area contributed by atoms with Crippen LogP contribution in [0.1, 0.15) is 43.7 Å². The fourth-order valence-corrected chi connectivity index (χ4v) is 3.16. The van der Waals surface area contributed by atoms with Gasteiger partial charge in [0, 0.05) is 13.0 Å². The van der Waals surface area contributed by atoms with Crippen molar-refractivity contribution in [1.29, 1.82) is 0 Å². The highest BCUT2D eigenvalue weighted by Crippen LogP contribution is 2.15. The van der Waals surface area contributed by atoms with Crippen molar-refractivity contribution in [3.8, 4) is 5.75 Å². The third kappa shape index (κ3) is 6.45. The van der Waals surface area contributed by atoms with E-state index in [1.807, 2.05) is 61.5 Å². The minimum atomic E-state index is -0.276. The summed E-state index contributed by atoms with van der Waals surface area (Å²) in [6.45, 7) is 3.04. The molecule has 3 rings (SSSR count). The van der Waals surface area contributed by atoms with E-state index in [0.717, 1.165) is 36.1 Å². The van der Waals surface area contributed by atoms with Gasteiger partial charge in [-0.25, -0.2) is 5.43 Å². The molecule has 29 heavy (non-hydrogen) atoms. The highest BCUT2D eigenvalue weighted by Gasteiger charge is 2.18. The van der Waals surface area contributed by atoms with Gasteiger partial charge in [0.05, 0.1) is 5.71 Å². The van der Waals surface area contributed by atoms with Crippen molar-refractivity contribution in [2.75, 3.05) is 13.1 Å². The lowest BCUT2D eigenvalue weighted by Crippen LogP contribution is -2.39. The second kappa shape index (κ2) is 10.4. The number of carbonyl (C=O) groups is 2. The van der Waals surface area contributed by atoms with Crippen molar-refractivity contribution in [3.05, 3.63) is 65.7 Å². The maximum Gasteiger partial charge on any atom is 0.259 e. The molecule has 1 saturated heterocycles. The van der Waals surface area contributed by atoms with Crippen molar-refractivity contribution in [3.63, 3.8) is 0 Å². The fraction of sp³-hybridized carbons (Fsp3) is 0.348. The normalized spacial score (nSPS) is 15.0. The monoisotopic (exact) mass is 393 g/mol. The molecule has 1 heterocycles. The maximum atomic E-state index is 12.1. The summed E-state index contributed by atoms with van der Waals surface area (Å²) in [5.41, 5.74) is 5.25. The van der Waals surface area contributed by atoms with Gasteiger partial charge in [-0.3, -0.25) is 9.59 Å². The van der Waals surface area contributed by atoms with E-state index >= 15 is 0 Å². The quantitative estimate of drug-likeness (QED) is 0.578. The maximum absolute atomic E-state index is 12.1. The van der Waals surface area contributed by atoms with Crippen LogP contribution in [-0.2, 0) is 16.2 Å².